The van der Waals surface area contributed by atoms with Crippen molar-refractivity contribution in [1.29, 1.82) is 0 Å². The van der Waals surface area contributed by atoms with Crippen LogP contribution in [0.25, 0.3) is 0 Å². The van der Waals surface area contributed by atoms with Gasteiger partial charge in [-0.05, 0) is 30.3 Å². The minimum Gasteiger partial charge on any atom is -0.493 e. The molecule has 2 aromatic carbocycles. The molecule has 17 heteroatoms. The fourth-order valence-corrected chi connectivity index (χ4v) is 4.38. The highest BCUT2D eigenvalue weighted by Gasteiger charge is 2.23. The van der Waals surface area contributed by atoms with E-state index in [1.54, 1.807) is 27.4 Å². The molecule has 1 aromatic heterocycles. The molecule has 0 aliphatic carbocycles. The number of carbonyl (C=O) groups excluding carboxylic acids is 1. The molecule has 1 aliphatic rings. The molecule has 0 amide bonds. The zero-order valence-electron chi connectivity index (χ0n) is 27.3. The minimum absolute atomic E-state index is 0.223. The highest BCUT2D eigenvalue weighted by Crippen LogP contribution is 2.40. The summed E-state index contributed by atoms with van der Waals surface area (Å²) in [4.78, 5) is 55.4. The highest BCUT2D eigenvalue weighted by molar-refractivity contribution is 6.07. The van der Waals surface area contributed by atoms with Crippen LogP contribution in [0.1, 0.15) is 27.4 Å². The predicted octanol–water partition coefficient (Wildman–Crippen LogP) is 2.81. The average Bonchev–Trinajstić information content (AvgIpc) is 3.56. The van der Waals surface area contributed by atoms with Crippen molar-refractivity contribution < 1.29 is 67.5 Å². The Bertz CT molecular complexity index is 1610. The Morgan fingerprint density at radius 2 is 1.20 bits per heavy atom. The predicted molar refractivity (Wildman–Crippen MR) is 172 cm³/mol. The fourth-order valence-electron chi connectivity index (χ4n) is 4.38. The van der Waals surface area contributed by atoms with Crippen molar-refractivity contribution in [2.75, 3.05) is 47.5 Å². The van der Waals surface area contributed by atoms with E-state index in [4.69, 9.17) is 39.2 Å². The van der Waals surface area contributed by atoms with E-state index in [2.05, 4.69) is 15.0 Å². The van der Waals surface area contributed by atoms with E-state index in [1.807, 2.05) is 12.1 Å². The first-order chi connectivity index (χ1) is 23.8. The molecule has 1 aliphatic heterocycles. The average molecular weight is 702 g/mol. The third kappa shape index (κ3) is 13.6. The van der Waals surface area contributed by atoms with E-state index < -0.39 is 23.9 Å². The maximum atomic E-state index is 13.1. The summed E-state index contributed by atoms with van der Waals surface area (Å²) in [6, 6.07) is 10.9. The number of aliphatic carboxylic acids is 4. The van der Waals surface area contributed by atoms with Crippen LogP contribution in [-0.4, -0.2) is 113 Å². The number of ether oxygens (including phenoxy) is 3. The van der Waals surface area contributed by atoms with Crippen molar-refractivity contribution in [1.82, 2.24) is 15.0 Å². The second kappa shape index (κ2) is 20.3. The van der Waals surface area contributed by atoms with Crippen LogP contribution in [-0.2, 0) is 32.3 Å². The molecule has 0 saturated carbocycles. The smallest absolute Gasteiger partial charge is 0.328 e. The van der Waals surface area contributed by atoms with E-state index >= 15 is 0 Å². The summed E-state index contributed by atoms with van der Waals surface area (Å²) in [6.45, 7) is 4.72. The van der Waals surface area contributed by atoms with Crippen molar-refractivity contribution in [3.63, 3.8) is 0 Å². The van der Waals surface area contributed by atoms with Crippen LogP contribution in [0.15, 0.2) is 71.3 Å². The van der Waals surface area contributed by atoms with Crippen molar-refractivity contribution in [2.24, 2.45) is 0 Å². The van der Waals surface area contributed by atoms with Gasteiger partial charge in [0.15, 0.2) is 23.0 Å². The molecule has 4 N–H and O–H groups in total. The number of aromatic nitrogens is 1. The summed E-state index contributed by atoms with van der Waals surface area (Å²) in [6.07, 6.45) is 2.23. The van der Waals surface area contributed by atoms with Gasteiger partial charge in [-0.3, -0.25) is 14.6 Å². The Balaban J connectivity index is 0.000000450. The van der Waals surface area contributed by atoms with Crippen LogP contribution in [0.3, 0.4) is 0 Å². The van der Waals surface area contributed by atoms with Crippen LogP contribution < -0.4 is 14.2 Å². The summed E-state index contributed by atoms with van der Waals surface area (Å²) in [7, 11) is 4.84. The van der Waals surface area contributed by atoms with Gasteiger partial charge in [0.2, 0.25) is 11.5 Å². The molecule has 0 atom stereocenters. The lowest BCUT2D eigenvalue weighted by Gasteiger charge is -2.34. The van der Waals surface area contributed by atoms with Gasteiger partial charge in [-0.25, -0.2) is 23.6 Å². The monoisotopic (exact) mass is 701 g/mol. The number of hydrogen-bond donors (Lipinski definition) is 4. The first-order valence-corrected chi connectivity index (χ1v) is 14.5. The second-order valence-electron chi connectivity index (χ2n) is 10.1. The molecule has 1 saturated heterocycles. The second-order valence-corrected chi connectivity index (χ2v) is 10.1. The molecular weight excluding hydrogens is 665 g/mol. The first-order valence-electron chi connectivity index (χ1n) is 14.5. The lowest BCUT2D eigenvalue weighted by Crippen LogP contribution is -2.45. The van der Waals surface area contributed by atoms with Gasteiger partial charge in [0.25, 0.3) is 0 Å². The Kier molecular flexibility index (Phi) is 16.3. The number of carboxylic acids is 4. The van der Waals surface area contributed by atoms with Gasteiger partial charge in [0.05, 0.1) is 27.9 Å². The number of benzene rings is 2. The van der Waals surface area contributed by atoms with Gasteiger partial charge in [0.1, 0.15) is 5.82 Å². The maximum Gasteiger partial charge on any atom is 0.328 e. The molecular formula is C33H36FN3O13. The third-order valence-electron chi connectivity index (χ3n) is 6.66. The largest absolute Gasteiger partial charge is 0.493 e. The Labute approximate surface area is 285 Å². The molecule has 268 valence electrons. The quantitative estimate of drug-likeness (QED) is 0.148. The SMILES string of the molecule is COc1ccc(CN2CCN(Cc3cc(C(=O)c4ccc(F)cc4)no3)CC2)c(OC)c1OC.O=C(O)/C=C\C(=O)O.O=C(O)/C=C\C(=O)O. The van der Waals surface area contributed by atoms with Crippen molar-refractivity contribution in [2.45, 2.75) is 13.1 Å². The summed E-state index contributed by atoms with van der Waals surface area (Å²) in [5, 5.41) is 35.2. The zero-order valence-corrected chi connectivity index (χ0v) is 27.3. The highest BCUT2D eigenvalue weighted by atomic mass is 19.1. The number of nitrogens with zero attached hydrogens (tertiary/aromatic N) is 3. The fraction of sp³-hybridized carbons (Fsp3) is 0.273. The van der Waals surface area contributed by atoms with Crippen LogP contribution >= 0.6 is 0 Å². The topological polar surface area (TPSA) is 226 Å². The number of hydrogen-bond acceptors (Lipinski definition) is 12. The van der Waals surface area contributed by atoms with Gasteiger partial charge in [0, 0.05) is 74.2 Å². The normalized spacial score (nSPS) is 13.0. The zero-order chi connectivity index (χ0) is 37.2. The van der Waals surface area contributed by atoms with E-state index in [-0.39, 0.29) is 17.3 Å². The number of halogens is 1. The third-order valence-corrected chi connectivity index (χ3v) is 6.66. The summed E-state index contributed by atoms with van der Waals surface area (Å²) in [5.74, 6) is -3.16. The standard InChI is InChI=1S/C25H28FN3O5.2C4H4O4/c1-31-22-9-6-18(24(32-2)25(22)33-3)15-28-10-12-29(13-11-28)16-20-14-21(27-34-20)23(30)17-4-7-19(26)8-5-17;2*5-3(6)1-2-4(7)8/h4-9,14H,10-13,15-16H2,1-3H3;2*1-2H,(H,5,6)(H,7,8)/b;2*2-1-. The molecule has 0 radical (unpaired) electrons. The van der Waals surface area contributed by atoms with E-state index in [9.17, 15) is 28.4 Å². The minimum atomic E-state index is -1.26. The first kappa shape index (κ1) is 40.1. The number of ketones is 1. The Morgan fingerprint density at radius 1 is 0.720 bits per heavy atom. The molecule has 50 heavy (non-hydrogen) atoms. The molecule has 2 heterocycles. The van der Waals surface area contributed by atoms with Crippen LogP contribution in [0.2, 0.25) is 0 Å². The number of carbonyl (C=O) groups is 5. The van der Waals surface area contributed by atoms with Gasteiger partial charge >= 0.3 is 23.9 Å². The number of piperazine rings is 1. The van der Waals surface area contributed by atoms with Crippen LogP contribution in [0.5, 0.6) is 17.2 Å². The maximum absolute atomic E-state index is 13.1. The number of rotatable bonds is 13. The van der Waals surface area contributed by atoms with Crippen molar-refractivity contribution in [3.8, 4) is 17.2 Å². The Hall–Kier alpha value is -6.07. The lowest BCUT2D eigenvalue weighted by molar-refractivity contribution is -0.134. The molecule has 0 bridgehead atoms. The number of carboxylic acid groups (broad SMARTS) is 4. The molecule has 0 spiro atoms. The van der Waals surface area contributed by atoms with Gasteiger partial charge in [-0.15, -0.1) is 0 Å². The van der Waals surface area contributed by atoms with E-state index in [0.717, 1.165) is 38.3 Å². The number of methoxy groups -OCH3 is 3. The van der Waals surface area contributed by atoms with Crippen molar-refractivity contribution >= 4 is 29.7 Å². The summed E-state index contributed by atoms with van der Waals surface area (Å²) < 4.78 is 34.9. The van der Waals surface area contributed by atoms with Crippen molar-refractivity contribution in [3.05, 3.63) is 95.2 Å². The van der Waals surface area contributed by atoms with Gasteiger partial charge < -0.3 is 39.2 Å². The van der Waals surface area contributed by atoms with E-state index in [1.165, 1.54) is 24.3 Å². The summed E-state index contributed by atoms with van der Waals surface area (Å²) >= 11 is 0. The van der Waals surface area contributed by atoms with Crippen LogP contribution in [0, 0.1) is 5.82 Å². The van der Waals surface area contributed by atoms with Gasteiger partial charge in [-0.2, -0.15) is 0 Å². The summed E-state index contributed by atoms with van der Waals surface area (Å²) in [5.41, 5.74) is 1.63. The molecule has 3 aromatic rings. The lowest BCUT2D eigenvalue weighted by atomic mass is 10.1. The van der Waals surface area contributed by atoms with Crippen LogP contribution in [0.4, 0.5) is 4.39 Å². The Morgan fingerprint density at radius 3 is 1.64 bits per heavy atom. The molecule has 0 unspecified atom stereocenters. The molecule has 4 rings (SSSR count). The van der Waals surface area contributed by atoms with E-state index in [0.29, 0.717) is 59.4 Å². The molecule has 16 nitrogen and oxygen atoms in total. The molecule has 1 fully saturated rings. The van der Waals surface area contributed by atoms with Gasteiger partial charge in [-0.1, -0.05) is 11.2 Å².